The second-order valence-corrected chi connectivity index (χ2v) is 4.30. The van der Waals surface area contributed by atoms with Crippen LogP contribution >= 0.6 is 0 Å². The van der Waals surface area contributed by atoms with E-state index >= 15 is 0 Å². The zero-order chi connectivity index (χ0) is 14.4. The molecule has 0 saturated carbocycles. The molecule has 2 N–H and O–H groups in total. The number of benzene rings is 2. The van der Waals surface area contributed by atoms with E-state index in [1.54, 1.807) is 7.11 Å². The first-order valence-electron chi connectivity index (χ1n) is 6.53. The van der Waals surface area contributed by atoms with E-state index in [1.165, 1.54) is 0 Å². The number of nitrogens with one attached hydrogen (secondary N) is 2. The van der Waals surface area contributed by atoms with Gasteiger partial charge in [0.05, 0.1) is 12.8 Å². The fourth-order valence-corrected chi connectivity index (χ4v) is 1.79. The van der Waals surface area contributed by atoms with Crippen molar-refractivity contribution in [3.63, 3.8) is 0 Å². The fourth-order valence-electron chi connectivity index (χ4n) is 1.79. The third-order valence-corrected chi connectivity index (χ3v) is 2.88. The van der Waals surface area contributed by atoms with Crippen LogP contribution in [0.4, 0.5) is 17.1 Å². The topological polar surface area (TPSA) is 50.4 Å². The van der Waals surface area contributed by atoms with Gasteiger partial charge >= 0.3 is 0 Å². The molecule has 0 unspecified atom stereocenters. The van der Waals surface area contributed by atoms with Gasteiger partial charge in [-0.2, -0.15) is 0 Å². The number of hydrogen-bond acceptors (Lipinski definition) is 3. The summed E-state index contributed by atoms with van der Waals surface area (Å²) in [7, 11) is 1.64. The van der Waals surface area contributed by atoms with E-state index in [-0.39, 0.29) is 5.91 Å². The van der Waals surface area contributed by atoms with Crippen LogP contribution in [-0.2, 0) is 4.79 Å². The van der Waals surface area contributed by atoms with Gasteiger partial charge in [0.2, 0.25) is 5.91 Å². The van der Waals surface area contributed by atoms with Crippen LogP contribution in [0.3, 0.4) is 0 Å². The highest BCUT2D eigenvalue weighted by Crippen LogP contribution is 2.27. The summed E-state index contributed by atoms with van der Waals surface area (Å²) in [6.45, 7) is 1.83. The monoisotopic (exact) mass is 270 g/mol. The summed E-state index contributed by atoms with van der Waals surface area (Å²) < 4.78 is 5.29. The molecule has 0 aromatic heterocycles. The normalized spacial score (nSPS) is 9.90. The van der Waals surface area contributed by atoms with Gasteiger partial charge in [-0.1, -0.05) is 19.1 Å². The van der Waals surface area contributed by atoms with E-state index in [9.17, 15) is 4.79 Å². The summed E-state index contributed by atoms with van der Waals surface area (Å²) in [6, 6.07) is 15.3. The van der Waals surface area contributed by atoms with Crippen LogP contribution in [0.25, 0.3) is 0 Å². The van der Waals surface area contributed by atoms with Gasteiger partial charge in [0.1, 0.15) is 5.75 Å². The molecule has 0 saturated heterocycles. The van der Waals surface area contributed by atoms with Crippen LogP contribution in [0.1, 0.15) is 13.3 Å². The lowest BCUT2D eigenvalue weighted by Crippen LogP contribution is -2.09. The lowest BCUT2D eigenvalue weighted by atomic mass is 10.2. The van der Waals surface area contributed by atoms with Crippen molar-refractivity contribution in [3.8, 4) is 5.75 Å². The molecule has 0 heterocycles. The molecule has 2 aromatic carbocycles. The summed E-state index contributed by atoms with van der Waals surface area (Å²) in [4.78, 5) is 11.3. The Morgan fingerprint density at radius 3 is 2.35 bits per heavy atom. The number of methoxy groups -OCH3 is 1. The average molecular weight is 270 g/mol. The maximum absolute atomic E-state index is 11.3. The Hall–Kier alpha value is -2.49. The first kappa shape index (κ1) is 13.9. The van der Waals surface area contributed by atoms with Crippen molar-refractivity contribution in [1.29, 1.82) is 0 Å². The molecule has 0 aliphatic carbocycles. The highest BCUT2D eigenvalue weighted by molar-refractivity contribution is 5.90. The molecule has 0 atom stereocenters. The molecule has 0 radical (unpaired) electrons. The van der Waals surface area contributed by atoms with Gasteiger partial charge in [-0.25, -0.2) is 0 Å². The smallest absolute Gasteiger partial charge is 0.224 e. The molecular formula is C16H18N2O2. The number of carbonyl (C=O) groups is 1. The molecular weight excluding hydrogens is 252 g/mol. The van der Waals surface area contributed by atoms with Gasteiger partial charge in [-0.15, -0.1) is 0 Å². The third-order valence-electron chi connectivity index (χ3n) is 2.88. The maximum Gasteiger partial charge on any atom is 0.224 e. The quantitative estimate of drug-likeness (QED) is 0.869. The first-order chi connectivity index (χ1) is 9.72. The van der Waals surface area contributed by atoms with Crippen molar-refractivity contribution in [2.75, 3.05) is 17.7 Å². The Morgan fingerprint density at radius 2 is 1.70 bits per heavy atom. The number of anilines is 3. The predicted octanol–water partition coefficient (Wildman–Crippen LogP) is 3.79. The second-order valence-electron chi connectivity index (χ2n) is 4.30. The average Bonchev–Trinajstić information content (AvgIpc) is 2.49. The van der Waals surface area contributed by atoms with E-state index in [0.29, 0.717) is 6.42 Å². The fraction of sp³-hybridized carbons (Fsp3) is 0.188. The highest BCUT2D eigenvalue weighted by atomic mass is 16.5. The summed E-state index contributed by atoms with van der Waals surface area (Å²) >= 11 is 0. The van der Waals surface area contributed by atoms with Crippen molar-refractivity contribution in [2.45, 2.75) is 13.3 Å². The Morgan fingerprint density at radius 1 is 1.05 bits per heavy atom. The summed E-state index contributed by atoms with van der Waals surface area (Å²) in [5.41, 5.74) is 2.63. The van der Waals surface area contributed by atoms with E-state index < -0.39 is 0 Å². The first-order valence-corrected chi connectivity index (χ1v) is 6.53. The highest BCUT2D eigenvalue weighted by Gasteiger charge is 2.02. The Bertz CT molecular complexity index is 579. The van der Waals surface area contributed by atoms with Crippen LogP contribution in [0, 0.1) is 0 Å². The molecule has 4 nitrogen and oxygen atoms in total. The molecule has 0 fully saturated rings. The van der Waals surface area contributed by atoms with Crippen molar-refractivity contribution < 1.29 is 9.53 Å². The van der Waals surface area contributed by atoms with Gasteiger partial charge < -0.3 is 15.4 Å². The molecule has 0 aliphatic heterocycles. The Kier molecular flexibility index (Phi) is 4.60. The minimum Gasteiger partial charge on any atom is -0.495 e. The zero-order valence-electron chi connectivity index (χ0n) is 11.6. The van der Waals surface area contributed by atoms with E-state index in [0.717, 1.165) is 22.8 Å². The molecule has 20 heavy (non-hydrogen) atoms. The standard InChI is InChI=1S/C16H18N2O2/c1-3-16(19)18-13-10-8-12(9-11-13)17-14-6-4-5-7-15(14)20-2/h4-11,17H,3H2,1-2H3,(H,18,19). The minimum absolute atomic E-state index is 0.00966. The lowest BCUT2D eigenvalue weighted by Gasteiger charge is -2.11. The Labute approximate surface area is 118 Å². The second kappa shape index (κ2) is 6.61. The summed E-state index contributed by atoms with van der Waals surface area (Å²) in [6.07, 6.45) is 0.473. The van der Waals surface area contributed by atoms with Gasteiger partial charge in [-0.05, 0) is 36.4 Å². The van der Waals surface area contributed by atoms with Gasteiger partial charge in [0.15, 0.2) is 0 Å². The van der Waals surface area contributed by atoms with Crippen LogP contribution in [0.2, 0.25) is 0 Å². The minimum atomic E-state index is 0.00966. The SMILES string of the molecule is CCC(=O)Nc1ccc(Nc2ccccc2OC)cc1. The molecule has 0 bridgehead atoms. The van der Waals surface area contributed by atoms with Crippen LogP contribution < -0.4 is 15.4 Å². The van der Waals surface area contributed by atoms with Crippen molar-refractivity contribution in [3.05, 3.63) is 48.5 Å². The molecule has 104 valence electrons. The molecule has 1 amide bonds. The maximum atomic E-state index is 11.3. The largest absolute Gasteiger partial charge is 0.495 e. The lowest BCUT2D eigenvalue weighted by molar-refractivity contribution is -0.115. The molecule has 4 heteroatoms. The summed E-state index contributed by atoms with van der Waals surface area (Å²) in [5, 5.41) is 6.09. The van der Waals surface area contributed by atoms with Crippen molar-refractivity contribution in [1.82, 2.24) is 0 Å². The Balaban J connectivity index is 2.09. The summed E-state index contributed by atoms with van der Waals surface area (Å²) in [5.74, 6) is 0.798. The number of para-hydroxylation sites is 2. The number of amides is 1. The number of carbonyl (C=O) groups excluding carboxylic acids is 1. The molecule has 0 aliphatic rings. The van der Waals surface area contributed by atoms with E-state index in [4.69, 9.17) is 4.74 Å². The molecule has 2 rings (SSSR count). The van der Waals surface area contributed by atoms with Crippen molar-refractivity contribution >= 4 is 23.0 Å². The van der Waals surface area contributed by atoms with E-state index in [1.807, 2.05) is 55.5 Å². The predicted molar refractivity (Wildman–Crippen MR) is 81.6 cm³/mol. The zero-order valence-corrected chi connectivity index (χ0v) is 11.6. The van der Waals surface area contributed by atoms with Gasteiger partial charge in [0, 0.05) is 17.8 Å². The van der Waals surface area contributed by atoms with Crippen LogP contribution in [0.5, 0.6) is 5.75 Å². The third kappa shape index (κ3) is 3.51. The number of hydrogen-bond donors (Lipinski definition) is 2. The van der Waals surface area contributed by atoms with Gasteiger partial charge in [-0.3, -0.25) is 4.79 Å². The molecule has 0 spiro atoms. The number of ether oxygens (including phenoxy) is 1. The van der Waals surface area contributed by atoms with E-state index in [2.05, 4.69) is 10.6 Å². The number of rotatable bonds is 5. The van der Waals surface area contributed by atoms with Crippen LogP contribution in [-0.4, -0.2) is 13.0 Å². The molecule has 2 aromatic rings. The van der Waals surface area contributed by atoms with Crippen LogP contribution in [0.15, 0.2) is 48.5 Å². The van der Waals surface area contributed by atoms with Gasteiger partial charge in [0.25, 0.3) is 0 Å². The van der Waals surface area contributed by atoms with Crippen molar-refractivity contribution in [2.24, 2.45) is 0 Å².